The second kappa shape index (κ2) is 8.49. The van der Waals surface area contributed by atoms with Crippen molar-refractivity contribution < 1.29 is 9.53 Å². The summed E-state index contributed by atoms with van der Waals surface area (Å²) in [5.74, 6) is 2.88. The molecule has 0 aliphatic heterocycles. The van der Waals surface area contributed by atoms with Gasteiger partial charge in [-0.25, -0.2) is 0 Å². The van der Waals surface area contributed by atoms with Crippen LogP contribution in [0, 0.1) is 51.8 Å². The summed E-state index contributed by atoms with van der Waals surface area (Å²) in [6, 6.07) is 2.25. The minimum absolute atomic E-state index is 0.143. The van der Waals surface area contributed by atoms with Crippen molar-refractivity contribution in [1.82, 2.24) is 0 Å². The molecule has 0 aromatic rings. The van der Waals surface area contributed by atoms with E-state index in [0.717, 1.165) is 18.3 Å². The van der Waals surface area contributed by atoms with Crippen LogP contribution in [0.25, 0.3) is 0 Å². The predicted molar refractivity (Wildman–Crippen MR) is 138 cm³/mol. The fourth-order valence-corrected chi connectivity index (χ4v) is 10.3. The number of fused-ring (bicyclic) bond motifs is 5. The SMILES string of the molecule is C/C(=C\C#N)[C@H]1C[C@@H](O)[C@H]2[C@@H]3CC[C@H]4C[C@@H](O[Si](C)(C)C(C)(C)C)CC[C@]4(C)[C@H]3CC[C@@]21C. The molecule has 0 spiro atoms. The summed E-state index contributed by atoms with van der Waals surface area (Å²) in [5, 5.41) is 20.8. The summed E-state index contributed by atoms with van der Waals surface area (Å²) in [4.78, 5) is 0. The lowest BCUT2D eigenvalue weighted by Crippen LogP contribution is -2.56. The third kappa shape index (κ3) is 4.09. The second-order valence-corrected chi connectivity index (χ2v) is 19.0. The van der Waals surface area contributed by atoms with Crippen molar-refractivity contribution in [2.24, 2.45) is 40.4 Å². The number of aliphatic hydroxyl groups excluding tert-OH is 1. The van der Waals surface area contributed by atoms with Crippen LogP contribution in [0.5, 0.6) is 0 Å². The maximum atomic E-state index is 11.3. The van der Waals surface area contributed by atoms with E-state index in [4.69, 9.17) is 4.43 Å². The van der Waals surface area contributed by atoms with Gasteiger partial charge in [-0.3, -0.25) is 0 Å². The number of aliphatic hydroxyl groups is 1. The lowest BCUT2D eigenvalue weighted by atomic mass is 9.44. The number of nitriles is 1. The third-order valence-corrected chi connectivity index (χ3v) is 16.2. The third-order valence-electron chi connectivity index (χ3n) is 11.7. The van der Waals surface area contributed by atoms with E-state index in [1.54, 1.807) is 6.08 Å². The van der Waals surface area contributed by atoms with Crippen molar-refractivity contribution in [3.05, 3.63) is 11.6 Å². The van der Waals surface area contributed by atoms with E-state index >= 15 is 0 Å². The molecule has 4 heteroatoms. The van der Waals surface area contributed by atoms with Crippen LogP contribution in [0.1, 0.15) is 92.9 Å². The molecule has 4 saturated carbocycles. The Hall–Kier alpha value is -0.633. The summed E-state index contributed by atoms with van der Waals surface area (Å²) in [7, 11) is -1.73. The van der Waals surface area contributed by atoms with E-state index < -0.39 is 8.32 Å². The standard InChI is InChI=1S/C29H49NO2Si/c1-19(13-16-30)24-18-25(31)26-22-10-9-20-17-21(32-33(7,8)27(2,3)4)11-14-28(20,5)23(22)12-15-29(24,26)6/h13,20-26,31H,9-12,14-15,17-18H2,1-8H3/b19-13+/t20-,21-,22+,23-,24+,25+,26+,28-,29+/m0/s1. The van der Waals surface area contributed by atoms with Crippen molar-refractivity contribution in [3.63, 3.8) is 0 Å². The Morgan fingerprint density at radius 1 is 1.06 bits per heavy atom. The number of nitrogens with zero attached hydrogens (tertiary/aromatic N) is 1. The molecule has 4 aliphatic carbocycles. The van der Waals surface area contributed by atoms with Crippen LogP contribution in [0.2, 0.25) is 18.1 Å². The highest BCUT2D eigenvalue weighted by Gasteiger charge is 2.63. The maximum absolute atomic E-state index is 11.3. The Bertz CT molecular complexity index is 822. The molecule has 33 heavy (non-hydrogen) atoms. The minimum Gasteiger partial charge on any atom is -0.414 e. The maximum Gasteiger partial charge on any atom is 0.192 e. The van der Waals surface area contributed by atoms with E-state index in [0.29, 0.717) is 29.3 Å². The molecule has 0 amide bonds. The lowest BCUT2D eigenvalue weighted by molar-refractivity contribution is -0.137. The molecule has 0 saturated heterocycles. The highest BCUT2D eigenvalue weighted by Crippen LogP contribution is 2.68. The number of allylic oxidation sites excluding steroid dienone is 2. The molecule has 0 bridgehead atoms. The Morgan fingerprint density at radius 2 is 1.73 bits per heavy atom. The zero-order chi connectivity index (χ0) is 24.4. The van der Waals surface area contributed by atoms with Crippen LogP contribution in [0.4, 0.5) is 0 Å². The Morgan fingerprint density at radius 3 is 2.36 bits per heavy atom. The van der Waals surface area contributed by atoms with E-state index in [1.807, 2.05) is 0 Å². The van der Waals surface area contributed by atoms with Gasteiger partial charge in [-0.05, 0) is 117 Å². The Labute approximate surface area is 204 Å². The molecule has 0 heterocycles. The van der Waals surface area contributed by atoms with Crippen molar-refractivity contribution >= 4 is 8.32 Å². The van der Waals surface area contributed by atoms with Gasteiger partial charge in [0.05, 0.1) is 12.2 Å². The molecular weight excluding hydrogens is 422 g/mol. The Balaban J connectivity index is 1.52. The monoisotopic (exact) mass is 471 g/mol. The normalized spacial score (nSPS) is 46.2. The fourth-order valence-electron chi connectivity index (χ4n) is 8.89. The number of rotatable bonds is 3. The van der Waals surface area contributed by atoms with Crippen LogP contribution in [-0.2, 0) is 4.43 Å². The van der Waals surface area contributed by atoms with Gasteiger partial charge in [0.25, 0.3) is 0 Å². The smallest absolute Gasteiger partial charge is 0.192 e. The number of hydrogen-bond donors (Lipinski definition) is 1. The van der Waals surface area contributed by atoms with Gasteiger partial charge in [-0.1, -0.05) is 40.2 Å². The first-order valence-corrected chi connectivity index (χ1v) is 16.6. The predicted octanol–water partition coefficient (Wildman–Crippen LogP) is 7.48. The van der Waals surface area contributed by atoms with Gasteiger partial charge < -0.3 is 9.53 Å². The molecule has 186 valence electrons. The minimum atomic E-state index is -1.73. The Kier molecular flexibility index (Phi) is 6.55. The summed E-state index contributed by atoms with van der Waals surface area (Å²) < 4.78 is 6.91. The van der Waals surface area contributed by atoms with E-state index in [9.17, 15) is 10.4 Å². The van der Waals surface area contributed by atoms with Crippen LogP contribution in [0.15, 0.2) is 11.6 Å². The van der Waals surface area contributed by atoms with Gasteiger partial charge in [-0.2, -0.15) is 5.26 Å². The first kappa shape index (κ1) is 25.5. The first-order valence-electron chi connectivity index (χ1n) is 13.7. The topological polar surface area (TPSA) is 53.2 Å². The average molecular weight is 472 g/mol. The molecule has 0 radical (unpaired) electrons. The van der Waals surface area contributed by atoms with E-state index in [1.165, 1.54) is 50.5 Å². The summed E-state index contributed by atoms with van der Waals surface area (Å²) in [6.07, 6.45) is 11.6. The van der Waals surface area contributed by atoms with Gasteiger partial charge >= 0.3 is 0 Å². The van der Waals surface area contributed by atoms with E-state index in [-0.39, 0.29) is 16.6 Å². The highest BCUT2D eigenvalue weighted by molar-refractivity contribution is 6.74. The van der Waals surface area contributed by atoms with Crippen molar-refractivity contribution in [2.75, 3.05) is 0 Å². The molecular formula is C29H49NO2Si. The van der Waals surface area contributed by atoms with Crippen LogP contribution in [0.3, 0.4) is 0 Å². The molecule has 1 N–H and O–H groups in total. The second-order valence-electron chi connectivity index (χ2n) is 14.3. The van der Waals surface area contributed by atoms with Crippen LogP contribution >= 0.6 is 0 Å². The molecule has 4 aliphatic rings. The number of hydrogen-bond acceptors (Lipinski definition) is 3. The quantitative estimate of drug-likeness (QED) is 0.343. The molecule has 0 aromatic heterocycles. The molecule has 9 atom stereocenters. The fraction of sp³-hybridized carbons (Fsp3) is 0.897. The lowest BCUT2D eigenvalue weighted by Gasteiger charge is -2.61. The van der Waals surface area contributed by atoms with Crippen molar-refractivity contribution in [2.45, 2.75) is 123 Å². The molecule has 0 aromatic carbocycles. The van der Waals surface area contributed by atoms with Crippen LogP contribution < -0.4 is 0 Å². The van der Waals surface area contributed by atoms with Gasteiger partial charge in [0.1, 0.15) is 0 Å². The van der Waals surface area contributed by atoms with Crippen LogP contribution in [-0.4, -0.2) is 25.6 Å². The van der Waals surface area contributed by atoms with Gasteiger partial charge in [-0.15, -0.1) is 0 Å². The van der Waals surface area contributed by atoms with Gasteiger partial charge in [0.2, 0.25) is 0 Å². The molecule has 0 unspecified atom stereocenters. The van der Waals surface area contributed by atoms with E-state index in [2.05, 4.69) is 60.7 Å². The summed E-state index contributed by atoms with van der Waals surface area (Å²) in [5.41, 5.74) is 1.72. The summed E-state index contributed by atoms with van der Waals surface area (Å²) >= 11 is 0. The zero-order valence-electron chi connectivity index (χ0n) is 22.6. The zero-order valence-corrected chi connectivity index (χ0v) is 23.6. The molecule has 4 fully saturated rings. The molecule has 3 nitrogen and oxygen atoms in total. The van der Waals surface area contributed by atoms with Crippen molar-refractivity contribution in [1.29, 1.82) is 5.26 Å². The highest BCUT2D eigenvalue weighted by atomic mass is 28.4. The average Bonchev–Trinajstić information content (AvgIpc) is 2.98. The van der Waals surface area contributed by atoms with Gasteiger partial charge in [0, 0.05) is 12.2 Å². The largest absolute Gasteiger partial charge is 0.414 e. The van der Waals surface area contributed by atoms with Gasteiger partial charge in [0.15, 0.2) is 8.32 Å². The summed E-state index contributed by atoms with van der Waals surface area (Å²) in [6.45, 7) is 19.0. The molecule has 4 rings (SSSR count). The first-order chi connectivity index (χ1) is 15.2. The van der Waals surface area contributed by atoms with Crippen molar-refractivity contribution in [3.8, 4) is 6.07 Å².